The highest BCUT2D eigenvalue weighted by Gasteiger charge is 2.16. The average molecular weight is 301 g/mol. The van der Waals surface area contributed by atoms with Gasteiger partial charge in [-0.05, 0) is 30.5 Å². The van der Waals surface area contributed by atoms with Gasteiger partial charge in [-0.3, -0.25) is 0 Å². The van der Waals surface area contributed by atoms with Crippen LogP contribution in [0.2, 0.25) is 0 Å². The summed E-state index contributed by atoms with van der Waals surface area (Å²) in [5, 5.41) is 9.32. The van der Waals surface area contributed by atoms with Gasteiger partial charge in [0.15, 0.2) is 0 Å². The lowest BCUT2D eigenvalue weighted by atomic mass is 10.2. The van der Waals surface area contributed by atoms with Gasteiger partial charge in [0.1, 0.15) is 11.8 Å². The standard InChI is InChI=1S/C15H15N3O2S/c1-10(16-11-6-3-4-7-12(11)19-2)15-17-14(18-20-15)13-8-5-9-21-13/h3-10,16H,1-2H3. The first-order valence-corrected chi connectivity index (χ1v) is 7.43. The van der Waals surface area contributed by atoms with Crippen LogP contribution in [0.25, 0.3) is 10.7 Å². The van der Waals surface area contributed by atoms with E-state index in [1.165, 1.54) is 0 Å². The molecule has 0 radical (unpaired) electrons. The number of nitrogens with zero attached hydrogens (tertiary/aromatic N) is 2. The predicted octanol–water partition coefficient (Wildman–Crippen LogP) is 3.98. The van der Waals surface area contributed by atoms with Gasteiger partial charge >= 0.3 is 0 Å². The molecule has 6 heteroatoms. The Morgan fingerprint density at radius 3 is 2.86 bits per heavy atom. The van der Waals surface area contributed by atoms with Gasteiger partial charge < -0.3 is 14.6 Å². The molecule has 21 heavy (non-hydrogen) atoms. The van der Waals surface area contributed by atoms with Crippen LogP contribution in [0, 0.1) is 0 Å². The van der Waals surface area contributed by atoms with E-state index in [-0.39, 0.29) is 6.04 Å². The minimum Gasteiger partial charge on any atom is -0.495 e. The number of nitrogens with one attached hydrogen (secondary N) is 1. The van der Waals surface area contributed by atoms with Crippen LogP contribution in [0.3, 0.4) is 0 Å². The molecule has 3 rings (SSSR count). The van der Waals surface area contributed by atoms with E-state index in [0.29, 0.717) is 11.7 Å². The molecular weight excluding hydrogens is 286 g/mol. The number of thiophene rings is 1. The van der Waals surface area contributed by atoms with Crippen molar-refractivity contribution in [3.8, 4) is 16.5 Å². The molecular formula is C15H15N3O2S. The zero-order chi connectivity index (χ0) is 14.7. The molecule has 1 N–H and O–H groups in total. The van der Waals surface area contributed by atoms with Gasteiger partial charge in [0.2, 0.25) is 11.7 Å². The summed E-state index contributed by atoms with van der Waals surface area (Å²) in [6, 6.07) is 11.6. The van der Waals surface area contributed by atoms with Gasteiger partial charge in [-0.2, -0.15) is 4.98 Å². The summed E-state index contributed by atoms with van der Waals surface area (Å²) in [5.41, 5.74) is 0.892. The maximum atomic E-state index is 5.34. The summed E-state index contributed by atoms with van der Waals surface area (Å²) in [6.45, 7) is 1.97. The van der Waals surface area contributed by atoms with Crippen molar-refractivity contribution in [2.75, 3.05) is 12.4 Å². The summed E-state index contributed by atoms with van der Waals surface area (Å²) in [4.78, 5) is 5.43. The largest absolute Gasteiger partial charge is 0.495 e. The number of anilines is 1. The molecule has 0 spiro atoms. The normalized spacial score (nSPS) is 12.1. The molecule has 1 aromatic carbocycles. The molecule has 0 aliphatic rings. The second-order valence-electron chi connectivity index (χ2n) is 4.50. The maximum Gasteiger partial charge on any atom is 0.249 e. The average Bonchev–Trinajstić information content (AvgIpc) is 3.18. The quantitative estimate of drug-likeness (QED) is 0.772. The Labute approximate surface area is 126 Å². The van der Waals surface area contributed by atoms with E-state index in [9.17, 15) is 0 Å². The molecule has 0 fully saturated rings. The van der Waals surface area contributed by atoms with Crippen molar-refractivity contribution in [1.82, 2.24) is 10.1 Å². The van der Waals surface area contributed by atoms with Crippen molar-refractivity contribution >= 4 is 17.0 Å². The minimum absolute atomic E-state index is 0.109. The van der Waals surface area contributed by atoms with Gasteiger partial charge in [0.05, 0.1) is 17.7 Å². The molecule has 0 amide bonds. The van der Waals surface area contributed by atoms with E-state index in [1.54, 1.807) is 18.4 Å². The van der Waals surface area contributed by atoms with Crippen LogP contribution >= 0.6 is 11.3 Å². The molecule has 0 aliphatic heterocycles. The van der Waals surface area contributed by atoms with Gasteiger partial charge in [-0.15, -0.1) is 11.3 Å². The van der Waals surface area contributed by atoms with Crippen LogP contribution in [0.5, 0.6) is 5.75 Å². The molecule has 1 unspecified atom stereocenters. The summed E-state index contributed by atoms with van der Waals surface area (Å²) < 4.78 is 10.7. The fourth-order valence-corrected chi connectivity index (χ4v) is 2.63. The van der Waals surface area contributed by atoms with Crippen LogP contribution in [0.15, 0.2) is 46.3 Å². The van der Waals surface area contributed by atoms with Crippen molar-refractivity contribution in [2.45, 2.75) is 13.0 Å². The Bertz CT molecular complexity index is 709. The molecule has 0 bridgehead atoms. The Morgan fingerprint density at radius 1 is 1.24 bits per heavy atom. The molecule has 2 heterocycles. The lowest BCUT2D eigenvalue weighted by Gasteiger charge is -2.14. The van der Waals surface area contributed by atoms with Crippen molar-refractivity contribution in [1.29, 1.82) is 0 Å². The van der Waals surface area contributed by atoms with Crippen LogP contribution in [0.4, 0.5) is 5.69 Å². The molecule has 3 aromatic rings. The lowest BCUT2D eigenvalue weighted by Crippen LogP contribution is -2.08. The van der Waals surface area contributed by atoms with Crippen LogP contribution in [0.1, 0.15) is 18.9 Å². The second kappa shape index (κ2) is 5.97. The first-order valence-electron chi connectivity index (χ1n) is 6.55. The van der Waals surface area contributed by atoms with E-state index in [4.69, 9.17) is 9.26 Å². The molecule has 5 nitrogen and oxygen atoms in total. The molecule has 0 saturated carbocycles. The highest BCUT2D eigenvalue weighted by atomic mass is 32.1. The predicted molar refractivity (Wildman–Crippen MR) is 82.6 cm³/mol. The number of rotatable bonds is 5. The highest BCUT2D eigenvalue weighted by Crippen LogP contribution is 2.28. The van der Waals surface area contributed by atoms with Crippen molar-refractivity contribution in [3.63, 3.8) is 0 Å². The maximum absolute atomic E-state index is 5.34. The minimum atomic E-state index is -0.109. The smallest absolute Gasteiger partial charge is 0.249 e. The van der Waals surface area contributed by atoms with E-state index >= 15 is 0 Å². The van der Waals surface area contributed by atoms with Crippen LogP contribution in [-0.2, 0) is 0 Å². The molecule has 108 valence electrons. The molecule has 1 atom stereocenters. The van der Waals surface area contributed by atoms with E-state index in [2.05, 4.69) is 15.5 Å². The van der Waals surface area contributed by atoms with Crippen molar-refractivity contribution in [3.05, 3.63) is 47.7 Å². The Kier molecular flexibility index (Phi) is 3.87. The topological polar surface area (TPSA) is 60.2 Å². The zero-order valence-electron chi connectivity index (χ0n) is 11.7. The number of ether oxygens (including phenoxy) is 1. The summed E-state index contributed by atoms with van der Waals surface area (Å²) in [6.07, 6.45) is 0. The third-order valence-electron chi connectivity index (χ3n) is 3.03. The first kappa shape index (κ1) is 13.6. The van der Waals surface area contributed by atoms with Gasteiger partial charge in [0.25, 0.3) is 0 Å². The second-order valence-corrected chi connectivity index (χ2v) is 5.45. The number of hydrogen-bond donors (Lipinski definition) is 1. The first-order chi connectivity index (χ1) is 10.3. The van der Waals surface area contributed by atoms with Crippen molar-refractivity contribution in [2.24, 2.45) is 0 Å². The Morgan fingerprint density at radius 2 is 2.10 bits per heavy atom. The van der Waals surface area contributed by atoms with E-state index in [1.807, 2.05) is 48.7 Å². The summed E-state index contributed by atoms with van der Waals surface area (Å²) in [5.74, 6) is 1.94. The zero-order valence-corrected chi connectivity index (χ0v) is 12.6. The summed E-state index contributed by atoms with van der Waals surface area (Å²) >= 11 is 1.59. The third-order valence-corrected chi connectivity index (χ3v) is 3.90. The van der Waals surface area contributed by atoms with Crippen molar-refractivity contribution < 1.29 is 9.26 Å². The number of para-hydroxylation sites is 2. The third kappa shape index (κ3) is 2.90. The lowest BCUT2D eigenvalue weighted by molar-refractivity contribution is 0.367. The number of benzene rings is 1. The highest BCUT2D eigenvalue weighted by molar-refractivity contribution is 7.13. The number of aromatic nitrogens is 2. The molecule has 2 aromatic heterocycles. The van der Waals surface area contributed by atoms with Crippen LogP contribution < -0.4 is 10.1 Å². The van der Waals surface area contributed by atoms with Crippen LogP contribution in [-0.4, -0.2) is 17.3 Å². The fraction of sp³-hybridized carbons (Fsp3) is 0.200. The Balaban J connectivity index is 1.78. The Hall–Kier alpha value is -2.34. The van der Waals surface area contributed by atoms with Gasteiger partial charge in [0, 0.05) is 0 Å². The van der Waals surface area contributed by atoms with E-state index < -0.39 is 0 Å². The van der Waals surface area contributed by atoms with Gasteiger partial charge in [-0.25, -0.2) is 0 Å². The van der Waals surface area contributed by atoms with E-state index in [0.717, 1.165) is 16.3 Å². The number of methoxy groups -OCH3 is 1. The molecule has 0 saturated heterocycles. The monoisotopic (exact) mass is 301 g/mol. The summed E-state index contributed by atoms with van der Waals surface area (Å²) in [7, 11) is 1.65. The molecule has 0 aliphatic carbocycles. The van der Waals surface area contributed by atoms with Gasteiger partial charge in [-0.1, -0.05) is 23.4 Å². The fourth-order valence-electron chi connectivity index (χ4n) is 1.98. The SMILES string of the molecule is COc1ccccc1NC(C)c1nc(-c2cccs2)no1. The number of hydrogen-bond acceptors (Lipinski definition) is 6.